The van der Waals surface area contributed by atoms with Crippen molar-refractivity contribution in [3.8, 4) is 0 Å². The summed E-state index contributed by atoms with van der Waals surface area (Å²) in [6.07, 6.45) is 5.07. The van der Waals surface area contributed by atoms with Gasteiger partial charge in [-0.15, -0.1) is 0 Å². The first-order valence-corrected chi connectivity index (χ1v) is 16.0. The molecule has 2 aromatic rings. The molecule has 0 saturated carbocycles. The number of amides is 2. The summed E-state index contributed by atoms with van der Waals surface area (Å²) >= 11 is 5.93. The van der Waals surface area contributed by atoms with Crippen LogP contribution in [0.1, 0.15) is 54.8 Å². The van der Waals surface area contributed by atoms with Gasteiger partial charge in [-0.3, -0.25) is 9.59 Å². The van der Waals surface area contributed by atoms with E-state index in [2.05, 4.69) is 39.0 Å². The Labute approximate surface area is 241 Å². The molecule has 5 rings (SSSR count). The average Bonchev–Trinajstić information content (AvgIpc) is 3.46. The quantitative estimate of drug-likeness (QED) is 0.369. The monoisotopic (exact) mass is 587 g/mol. The SMILES string of the molecule is O=C(CC1C(=O)NCCN1S(=O)(=O)c1ccc(Cl)cc1)N[C@@H]1CCCc2cc(CNCCN3CCCC3)ccc21. The summed E-state index contributed by atoms with van der Waals surface area (Å²) < 4.78 is 27.8. The molecular weight excluding hydrogens is 550 g/mol. The van der Waals surface area contributed by atoms with Crippen LogP contribution in [0, 0.1) is 0 Å². The zero-order valence-electron chi connectivity index (χ0n) is 22.7. The molecule has 2 heterocycles. The second-order valence-corrected chi connectivity index (χ2v) is 13.2. The van der Waals surface area contributed by atoms with E-state index in [0.29, 0.717) is 5.02 Å². The molecule has 40 heavy (non-hydrogen) atoms. The van der Waals surface area contributed by atoms with E-state index in [9.17, 15) is 18.0 Å². The fourth-order valence-corrected chi connectivity index (χ4v) is 7.66. The number of benzene rings is 2. The second kappa shape index (κ2) is 13.0. The lowest BCUT2D eigenvalue weighted by atomic mass is 9.86. The maximum absolute atomic E-state index is 13.3. The largest absolute Gasteiger partial charge is 0.353 e. The molecule has 3 aliphatic rings. The van der Waals surface area contributed by atoms with E-state index in [4.69, 9.17) is 11.6 Å². The van der Waals surface area contributed by atoms with Crippen LogP contribution in [0.5, 0.6) is 0 Å². The number of hydrogen-bond acceptors (Lipinski definition) is 6. The number of rotatable bonds is 10. The van der Waals surface area contributed by atoms with Gasteiger partial charge in [0.2, 0.25) is 21.8 Å². The highest BCUT2D eigenvalue weighted by Crippen LogP contribution is 2.31. The zero-order valence-corrected chi connectivity index (χ0v) is 24.3. The Balaban J connectivity index is 1.20. The molecule has 0 aromatic heterocycles. The van der Waals surface area contributed by atoms with Crippen LogP contribution < -0.4 is 16.0 Å². The minimum atomic E-state index is -3.98. The molecule has 2 aliphatic heterocycles. The number of likely N-dealkylation sites (tertiary alicyclic amines) is 1. The van der Waals surface area contributed by atoms with Crippen molar-refractivity contribution in [3.05, 3.63) is 64.2 Å². The number of nitrogens with one attached hydrogen (secondary N) is 3. The number of piperazine rings is 1. The number of carbonyl (C=O) groups excluding carboxylic acids is 2. The number of sulfonamides is 1. The summed E-state index contributed by atoms with van der Waals surface area (Å²) in [5, 5.41) is 9.76. The number of carbonyl (C=O) groups is 2. The topological polar surface area (TPSA) is 111 Å². The van der Waals surface area contributed by atoms with Crippen molar-refractivity contribution in [1.82, 2.24) is 25.2 Å². The summed E-state index contributed by atoms with van der Waals surface area (Å²) in [4.78, 5) is 28.5. The van der Waals surface area contributed by atoms with Crippen LogP contribution >= 0.6 is 11.6 Å². The Hall–Kier alpha value is -2.50. The molecule has 2 aromatic carbocycles. The summed E-state index contributed by atoms with van der Waals surface area (Å²) in [6.45, 7) is 5.55. The van der Waals surface area contributed by atoms with Crippen LogP contribution in [0.25, 0.3) is 0 Å². The van der Waals surface area contributed by atoms with Gasteiger partial charge in [0, 0.05) is 37.7 Å². The smallest absolute Gasteiger partial charge is 0.243 e. The first-order valence-electron chi connectivity index (χ1n) is 14.2. The van der Waals surface area contributed by atoms with Crippen LogP contribution in [0.2, 0.25) is 5.02 Å². The van der Waals surface area contributed by atoms with Gasteiger partial charge in [-0.05, 0) is 86.1 Å². The molecule has 0 bridgehead atoms. The van der Waals surface area contributed by atoms with Gasteiger partial charge in [-0.2, -0.15) is 4.31 Å². The van der Waals surface area contributed by atoms with E-state index in [-0.39, 0.29) is 36.4 Å². The maximum Gasteiger partial charge on any atom is 0.243 e. The van der Waals surface area contributed by atoms with Crippen LogP contribution in [0.15, 0.2) is 47.4 Å². The minimum absolute atomic E-state index is 0.0413. The molecule has 11 heteroatoms. The Morgan fingerprint density at radius 2 is 1.82 bits per heavy atom. The normalized spacial score (nSPS) is 22.1. The molecule has 216 valence electrons. The lowest BCUT2D eigenvalue weighted by Gasteiger charge is -2.34. The van der Waals surface area contributed by atoms with Crippen molar-refractivity contribution in [2.75, 3.05) is 39.3 Å². The predicted molar refractivity (Wildman–Crippen MR) is 154 cm³/mol. The summed E-state index contributed by atoms with van der Waals surface area (Å²) in [5.41, 5.74) is 3.56. The number of hydrogen-bond donors (Lipinski definition) is 3. The third-order valence-electron chi connectivity index (χ3n) is 8.07. The van der Waals surface area contributed by atoms with Gasteiger partial charge in [0.25, 0.3) is 0 Å². The average molecular weight is 588 g/mol. The molecule has 3 N–H and O–H groups in total. The Kier molecular flexibility index (Phi) is 9.42. The number of halogens is 1. The molecule has 2 saturated heterocycles. The summed E-state index contributed by atoms with van der Waals surface area (Å²) in [7, 11) is -3.98. The third kappa shape index (κ3) is 6.86. The Morgan fingerprint density at radius 3 is 2.60 bits per heavy atom. The van der Waals surface area contributed by atoms with Gasteiger partial charge in [-0.1, -0.05) is 29.8 Å². The van der Waals surface area contributed by atoms with Gasteiger partial charge in [0.1, 0.15) is 6.04 Å². The summed E-state index contributed by atoms with van der Waals surface area (Å²) in [6, 6.07) is 11.0. The fourth-order valence-electron chi connectivity index (χ4n) is 5.95. The van der Waals surface area contributed by atoms with E-state index in [0.717, 1.165) is 48.8 Å². The van der Waals surface area contributed by atoms with Crippen molar-refractivity contribution in [2.45, 2.75) is 62.0 Å². The van der Waals surface area contributed by atoms with Crippen molar-refractivity contribution in [2.24, 2.45) is 0 Å². The van der Waals surface area contributed by atoms with Crippen LogP contribution in [0.4, 0.5) is 0 Å². The molecule has 0 radical (unpaired) electrons. The lowest BCUT2D eigenvalue weighted by Crippen LogP contribution is -2.58. The first kappa shape index (κ1) is 29.0. The molecule has 0 spiro atoms. The van der Waals surface area contributed by atoms with Crippen molar-refractivity contribution >= 4 is 33.4 Å². The highest BCUT2D eigenvalue weighted by molar-refractivity contribution is 7.89. The highest BCUT2D eigenvalue weighted by Gasteiger charge is 2.40. The Morgan fingerprint density at radius 1 is 1.05 bits per heavy atom. The molecule has 2 fully saturated rings. The fraction of sp³-hybridized carbons (Fsp3) is 0.517. The van der Waals surface area contributed by atoms with E-state index in [1.54, 1.807) is 0 Å². The van der Waals surface area contributed by atoms with Gasteiger partial charge in [-0.25, -0.2) is 8.42 Å². The number of aryl methyl sites for hydroxylation is 1. The van der Waals surface area contributed by atoms with E-state index >= 15 is 0 Å². The maximum atomic E-state index is 13.3. The Bertz CT molecular complexity index is 1310. The zero-order chi connectivity index (χ0) is 28.1. The predicted octanol–water partition coefficient (Wildman–Crippen LogP) is 2.60. The van der Waals surface area contributed by atoms with Gasteiger partial charge < -0.3 is 20.9 Å². The van der Waals surface area contributed by atoms with Gasteiger partial charge in [0.15, 0.2) is 0 Å². The van der Waals surface area contributed by atoms with Gasteiger partial charge >= 0.3 is 0 Å². The van der Waals surface area contributed by atoms with E-state index < -0.39 is 22.0 Å². The standard InChI is InChI=1S/C29H38ClN5O4S/c30-23-7-9-24(10-8-23)40(38,39)35-17-13-32-29(37)27(35)19-28(36)33-26-5-3-4-22-18-21(6-11-25(22)26)20-31-12-16-34-14-1-2-15-34/h6-11,18,26-27,31H,1-5,12-17,19-20H2,(H,32,37)(H,33,36)/t26-,27?/m1/s1. The molecular formula is C29H38ClN5O4S. The number of nitrogens with zero attached hydrogens (tertiary/aromatic N) is 2. The summed E-state index contributed by atoms with van der Waals surface area (Å²) in [5.74, 6) is -0.811. The van der Waals surface area contributed by atoms with Crippen LogP contribution in [-0.4, -0.2) is 74.7 Å². The molecule has 1 aliphatic carbocycles. The second-order valence-electron chi connectivity index (χ2n) is 10.9. The highest BCUT2D eigenvalue weighted by atomic mass is 35.5. The van der Waals surface area contributed by atoms with Crippen molar-refractivity contribution in [1.29, 1.82) is 0 Å². The molecule has 2 amide bonds. The van der Waals surface area contributed by atoms with E-state index in [1.807, 2.05) is 0 Å². The van der Waals surface area contributed by atoms with Crippen molar-refractivity contribution < 1.29 is 18.0 Å². The van der Waals surface area contributed by atoms with E-state index in [1.165, 1.54) is 61.3 Å². The minimum Gasteiger partial charge on any atom is -0.353 e. The third-order valence-corrected chi connectivity index (χ3v) is 10.2. The molecule has 1 unspecified atom stereocenters. The number of fused-ring (bicyclic) bond motifs is 1. The van der Waals surface area contributed by atoms with Crippen molar-refractivity contribution in [3.63, 3.8) is 0 Å². The lowest BCUT2D eigenvalue weighted by molar-refractivity contribution is -0.132. The molecule has 9 nitrogen and oxygen atoms in total. The van der Waals surface area contributed by atoms with Gasteiger partial charge in [0.05, 0.1) is 17.4 Å². The van der Waals surface area contributed by atoms with Crippen LogP contribution in [-0.2, 0) is 32.6 Å². The molecule has 2 atom stereocenters. The van der Waals surface area contributed by atoms with Crippen LogP contribution in [0.3, 0.4) is 0 Å². The first-order chi connectivity index (χ1) is 19.3.